The molecule has 6 nitrogen and oxygen atoms in total. The summed E-state index contributed by atoms with van der Waals surface area (Å²) in [5.41, 5.74) is 5.40. The van der Waals surface area contributed by atoms with E-state index in [1.165, 1.54) is 35.1 Å². The van der Waals surface area contributed by atoms with Crippen LogP contribution in [-0.4, -0.2) is 76.5 Å². The van der Waals surface area contributed by atoms with Crippen LogP contribution in [0.1, 0.15) is 65.5 Å². The maximum absolute atomic E-state index is 13.6. The summed E-state index contributed by atoms with van der Waals surface area (Å²) in [5.74, 6) is 1.38. The van der Waals surface area contributed by atoms with E-state index < -0.39 is 17.1 Å². The summed E-state index contributed by atoms with van der Waals surface area (Å²) in [6, 6.07) is 7.87. The Kier molecular flexibility index (Phi) is 5.60. The van der Waals surface area contributed by atoms with Gasteiger partial charge in [0.1, 0.15) is 17.7 Å². The van der Waals surface area contributed by atoms with Crippen LogP contribution in [0.15, 0.2) is 30.3 Å². The number of carbonyl (C=O) groups excluding carboxylic acids is 1. The number of nitrogens with zero attached hydrogens (tertiary/aromatic N) is 2. The second kappa shape index (κ2) is 8.59. The zero-order valence-electron chi connectivity index (χ0n) is 24.5. The minimum absolute atomic E-state index is 0.0639. The highest BCUT2D eigenvalue weighted by Gasteiger charge is 2.76. The van der Waals surface area contributed by atoms with Crippen LogP contribution in [0.5, 0.6) is 11.5 Å². The number of phenols is 1. The van der Waals surface area contributed by atoms with Gasteiger partial charge in [-0.15, -0.1) is 0 Å². The van der Waals surface area contributed by atoms with E-state index in [-0.39, 0.29) is 23.7 Å². The smallest absolute Gasteiger partial charge is 0.246 e. The minimum Gasteiger partial charge on any atom is -0.504 e. The van der Waals surface area contributed by atoms with Crippen molar-refractivity contribution in [1.82, 2.24) is 4.90 Å². The van der Waals surface area contributed by atoms with E-state index in [1.807, 2.05) is 24.1 Å². The molecular formula is C34H43N2O4+. The van der Waals surface area contributed by atoms with Crippen molar-refractivity contribution in [2.75, 3.05) is 27.2 Å². The first-order valence-electron chi connectivity index (χ1n) is 15.1. The van der Waals surface area contributed by atoms with Crippen molar-refractivity contribution >= 4 is 12.0 Å². The highest BCUT2D eigenvalue weighted by molar-refractivity contribution is 5.92. The zero-order chi connectivity index (χ0) is 28.2. The fraction of sp³-hybridized carbons (Fsp3) is 0.559. The number of hydrogen-bond donors (Lipinski definition) is 2. The van der Waals surface area contributed by atoms with E-state index in [4.69, 9.17) is 4.74 Å². The Morgan fingerprint density at radius 2 is 1.90 bits per heavy atom. The Hall–Kier alpha value is -2.83. The molecule has 2 aromatic rings. The molecule has 6 atom stereocenters. The van der Waals surface area contributed by atoms with Crippen LogP contribution in [0, 0.1) is 26.7 Å². The third-order valence-corrected chi connectivity index (χ3v) is 11.8. The quantitative estimate of drug-likeness (QED) is 0.428. The molecule has 0 radical (unpaired) electrons. The van der Waals surface area contributed by atoms with Gasteiger partial charge in [-0.3, -0.25) is 4.79 Å². The molecule has 3 aliphatic carbocycles. The van der Waals surface area contributed by atoms with Crippen molar-refractivity contribution in [2.24, 2.45) is 5.92 Å². The van der Waals surface area contributed by atoms with E-state index in [9.17, 15) is 15.0 Å². The highest BCUT2D eigenvalue weighted by atomic mass is 16.5. The molecule has 2 aliphatic heterocycles. The summed E-state index contributed by atoms with van der Waals surface area (Å²) in [6.45, 7) is 8.43. The third kappa shape index (κ3) is 3.38. The first-order valence-corrected chi connectivity index (χ1v) is 15.1. The Balaban J connectivity index is 1.25. The number of amides is 1. The van der Waals surface area contributed by atoms with Gasteiger partial charge in [-0.1, -0.05) is 18.2 Å². The largest absolute Gasteiger partial charge is 0.504 e. The molecular weight excluding hydrogens is 500 g/mol. The summed E-state index contributed by atoms with van der Waals surface area (Å²) >= 11 is 0. The molecule has 2 aromatic carbocycles. The zero-order valence-corrected chi connectivity index (χ0v) is 24.5. The van der Waals surface area contributed by atoms with Gasteiger partial charge in [-0.25, -0.2) is 0 Å². The number of ether oxygens (including phenoxy) is 1. The lowest BCUT2D eigenvalue weighted by Crippen LogP contribution is -2.82. The molecule has 1 spiro atoms. The normalized spacial score (nSPS) is 35.4. The van der Waals surface area contributed by atoms with E-state index >= 15 is 0 Å². The number of aliphatic hydroxyl groups is 1. The second-order valence-electron chi connectivity index (χ2n) is 13.8. The molecule has 7 rings (SSSR count). The summed E-state index contributed by atoms with van der Waals surface area (Å²) < 4.78 is 7.60. The second-order valence-corrected chi connectivity index (χ2v) is 13.8. The van der Waals surface area contributed by atoms with Crippen molar-refractivity contribution < 1.29 is 24.2 Å². The summed E-state index contributed by atoms with van der Waals surface area (Å²) in [7, 11) is 4.22. The van der Waals surface area contributed by atoms with Crippen LogP contribution in [0.3, 0.4) is 0 Å². The third-order valence-electron chi connectivity index (χ3n) is 11.8. The first kappa shape index (κ1) is 26.1. The lowest BCUT2D eigenvalue weighted by molar-refractivity contribution is -0.950. The van der Waals surface area contributed by atoms with Gasteiger partial charge in [0.25, 0.3) is 0 Å². The summed E-state index contributed by atoms with van der Waals surface area (Å²) in [4.78, 5) is 15.4. The molecule has 1 unspecified atom stereocenters. The molecule has 2 saturated carbocycles. The number of rotatable bonds is 5. The van der Waals surface area contributed by atoms with Crippen LogP contribution >= 0.6 is 0 Å². The highest BCUT2D eigenvalue weighted by Crippen LogP contribution is 2.66. The monoisotopic (exact) mass is 543 g/mol. The van der Waals surface area contributed by atoms with Crippen molar-refractivity contribution in [2.45, 2.75) is 88.5 Å². The van der Waals surface area contributed by atoms with Crippen LogP contribution in [0.2, 0.25) is 0 Å². The average Bonchev–Trinajstić information content (AvgIpc) is 3.66. The number of aryl methyl sites for hydroxylation is 1. The Morgan fingerprint density at radius 1 is 1.12 bits per heavy atom. The minimum atomic E-state index is -0.932. The molecule has 2 heterocycles. The van der Waals surface area contributed by atoms with Crippen LogP contribution in [-0.2, 0) is 16.6 Å². The van der Waals surface area contributed by atoms with Crippen molar-refractivity contribution in [3.63, 3.8) is 0 Å². The van der Waals surface area contributed by atoms with E-state index in [1.54, 1.807) is 12.1 Å². The maximum atomic E-state index is 13.6. The fourth-order valence-corrected chi connectivity index (χ4v) is 9.13. The van der Waals surface area contributed by atoms with E-state index in [0.717, 1.165) is 47.5 Å². The molecule has 1 amide bonds. The molecule has 212 valence electrons. The van der Waals surface area contributed by atoms with Gasteiger partial charge in [0.05, 0.1) is 31.6 Å². The number of likely N-dealkylation sites (tertiary alicyclic amines) is 1. The molecule has 6 heteroatoms. The maximum Gasteiger partial charge on any atom is 0.246 e. The van der Waals surface area contributed by atoms with Crippen molar-refractivity contribution in [3.05, 3.63) is 63.7 Å². The van der Waals surface area contributed by atoms with Crippen LogP contribution in [0.4, 0.5) is 0 Å². The summed E-state index contributed by atoms with van der Waals surface area (Å²) in [5, 5.41) is 23.8. The lowest BCUT2D eigenvalue weighted by Gasteiger charge is -2.66. The van der Waals surface area contributed by atoms with E-state index in [2.05, 4.69) is 40.0 Å². The standard InChI is InChI=1S/C34H42N2O4/c1-20-6-9-24(22(3)21(20)2)11-13-29(38)35(4)26-14-15-34(39)28-18-25-10-12-27(37)31-30(25)33(34,32(26)40-31)16-17-36(28,5)19-23-7-8-23/h6,9-13,23,26,28,32,39H,7-8,14-19H2,1-5H3/p+1/b13-11+/t26-,28-,32+,33+,34-,36?/m1/s1. The molecule has 3 fully saturated rings. The number of aromatic hydroxyl groups is 1. The van der Waals surface area contributed by atoms with E-state index in [0.29, 0.717) is 18.6 Å². The van der Waals surface area contributed by atoms with Gasteiger partial charge < -0.3 is 24.3 Å². The molecule has 5 aliphatic rings. The van der Waals surface area contributed by atoms with Gasteiger partial charge in [-0.05, 0) is 86.4 Å². The topological polar surface area (TPSA) is 70.0 Å². The van der Waals surface area contributed by atoms with Gasteiger partial charge >= 0.3 is 0 Å². The summed E-state index contributed by atoms with van der Waals surface area (Å²) in [6.07, 6.45) is 8.71. The number of phenolic OH excluding ortho intramolecular Hbond substituents is 1. The fourth-order valence-electron chi connectivity index (χ4n) is 9.13. The van der Waals surface area contributed by atoms with Gasteiger partial charge in [0.2, 0.25) is 5.91 Å². The number of carbonyl (C=O) groups is 1. The lowest BCUT2D eigenvalue weighted by atomic mass is 9.47. The number of quaternary nitrogens is 1. The Morgan fingerprint density at radius 3 is 2.65 bits per heavy atom. The van der Waals surface area contributed by atoms with Gasteiger partial charge in [0.15, 0.2) is 11.5 Å². The molecule has 2 N–H and O–H groups in total. The molecule has 0 aromatic heterocycles. The average molecular weight is 544 g/mol. The number of hydrogen-bond acceptors (Lipinski definition) is 4. The first-order chi connectivity index (χ1) is 19.0. The van der Waals surface area contributed by atoms with Crippen molar-refractivity contribution in [1.29, 1.82) is 0 Å². The molecule has 40 heavy (non-hydrogen) atoms. The van der Waals surface area contributed by atoms with Crippen LogP contribution < -0.4 is 4.74 Å². The predicted octanol–water partition coefficient (Wildman–Crippen LogP) is 4.57. The number of benzene rings is 2. The predicted molar refractivity (Wildman–Crippen MR) is 155 cm³/mol. The SMILES string of the molecule is Cc1ccc(/C=C/C(=O)N(C)[C@@H]2CC[C@@]3(O)[C@H]4Cc5ccc(O)c6c5[C@@]3(CC[N+]4(C)CC3CC3)[C@H]2O6)c(C)c1C. The van der Waals surface area contributed by atoms with Crippen molar-refractivity contribution in [3.8, 4) is 11.5 Å². The number of piperidine rings is 1. The van der Waals surface area contributed by atoms with Crippen LogP contribution in [0.25, 0.3) is 6.08 Å². The Bertz CT molecular complexity index is 1450. The van der Waals surface area contributed by atoms with Gasteiger partial charge in [0, 0.05) is 37.4 Å². The molecule has 1 saturated heterocycles. The number of likely N-dealkylation sites (N-methyl/N-ethyl adjacent to an activating group) is 2. The molecule has 2 bridgehead atoms. The Labute approximate surface area is 237 Å². The van der Waals surface area contributed by atoms with Gasteiger partial charge in [-0.2, -0.15) is 0 Å².